The summed E-state index contributed by atoms with van der Waals surface area (Å²) >= 11 is 0. The molecule has 0 aliphatic carbocycles. The molecule has 1 saturated heterocycles. The minimum atomic E-state index is -4.66. The lowest BCUT2D eigenvalue weighted by atomic mass is 10.2. The molecule has 1 aromatic carbocycles. The van der Waals surface area contributed by atoms with Crippen molar-refractivity contribution in [3.05, 3.63) is 23.8 Å². The molecule has 0 radical (unpaired) electrons. The number of anilines is 1. The molecule has 0 atom stereocenters. The number of nitrogens with zero attached hydrogens (tertiary/aromatic N) is 1. The van der Waals surface area contributed by atoms with E-state index in [0.717, 1.165) is 18.7 Å². The summed E-state index contributed by atoms with van der Waals surface area (Å²) in [4.78, 5) is 1.90. The van der Waals surface area contributed by atoms with Gasteiger partial charge in [0.2, 0.25) is 0 Å². The maximum atomic E-state index is 12.4. The highest BCUT2D eigenvalue weighted by Gasteiger charge is 2.33. The highest BCUT2D eigenvalue weighted by molar-refractivity contribution is 5.60. The molecule has 1 aromatic rings. The van der Waals surface area contributed by atoms with Crippen LogP contribution in [0.5, 0.6) is 5.75 Å². The van der Waals surface area contributed by atoms with Crippen molar-refractivity contribution in [3.8, 4) is 5.75 Å². The Morgan fingerprint density at radius 3 is 2.50 bits per heavy atom. The molecule has 1 aliphatic heterocycles. The number of hydrogen-bond donors (Lipinski definition) is 1. The zero-order valence-corrected chi connectivity index (χ0v) is 10.0. The summed E-state index contributed by atoms with van der Waals surface area (Å²) in [6.07, 6.45) is -4.66. The van der Waals surface area contributed by atoms with Crippen molar-refractivity contribution in [1.29, 1.82) is 0 Å². The Morgan fingerprint density at radius 1 is 1.22 bits per heavy atom. The maximum absolute atomic E-state index is 12.4. The lowest BCUT2D eigenvalue weighted by molar-refractivity contribution is -0.274. The normalized spacial score (nSPS) is 16.8. The number of ether oxygens (including phenoxy) is 1. The van der Waals surface area contributed by atoms with Gasteiger partial charge in [0, 0.05) is 26.2 Å². The molecule has 0 unspecified atom stereocenters. The van der Waals surface area contributed by atoms with E-state index in [-0.39, 0.29) is 5.75 Å². The molecular weight excluding hydrogens is 245 g/mol. The zero-order chi connectivity index (χ0) is 13.2. The standard InChI is InChI=1S/C12H15F3N2O/c1-9-2-3-10(17-6-4-16-5-7-17)11(8-9)18-12(13,14)15/h2-3,8,16H,4-7H2,1H3. The number of benzene rings is 1. The average Bonchev–Trinajstić information content (AvgIpc) is 2.28. The number of aryl methyl sites for hydroxylation is 1. The van der Waals surface area contributed by atoms with Gasteiger partial charge in [-0.15, -0.1) is 13.2 Å². The van der Waals surface area contributed by atoms with Gasteiger partial charge in [-0.05, 0) is 24.6 Å². The average molecular weight is 260 g/mol. The molecule has 0 aromatic heterocycles. The van der Waals surface area contributed by atoms with Gasteiger partial charge >= 0.3 is 6.36 Å². The summed E-state index contributed by atoms with van der Waals surface area (Å²) < 4.78 is 41.2. The van der Waals surface area contributed by atoms with Crippen molar-refractivity contribution in [1.82, 2.24) is 5.32 Å². The molecule has 1 aliphatic rings. The molecule has 0 bridgehead atoms. The van der Waals surface area contributed by atoms with Crippen molar-refractivity contribution >= 4 is 5.69 Å². The van der Waals surface area contributed by atoms with Crippen LogP contribution in [0.25, 0.3) is 0 Å². The minimum absolute atomic E-state index is 0.121. The first-order valence-corrected chi connectivity index (χ1v) is 5.78. The number of rotatable bonds is 2. The van der Waals surface area contributed by atoms with Gasteiger partial charge in [0.25, 0.3) is 0 Å². The topological polar surface area (TPSA) is 24.5 Å². The van der Waals surface area contributed by atoms with Crippen molar-refractivity contribution in [2.75, 3.05) is 31.1 Å². The van der Waals surface area contributed by atoms with Crippen LogP contribution in [-0.2, 0) is 0 Å². The SMILES string of the molecule is Cc1ccc(N2CCNCC2)c(OC(F)(F)F)c1. The predicted octanol–water partition coefficient (Wildman–Crippen LogP) is 2.30. The highest BCUT2D eigenvalue weighted by Crippen LogP contribution is 2.33. The van der Waals surface area contributed by atoms with Crippen LogP contribution in [0.15, 0.2) is 18.2 Å². The lowest BCUT2D eigenvalue weighted by Crippen LogP contribution is -2.43. The van der Waals surface area contributed by atoms with Crippen LogP contribution >= 0.6 is 0 Å². The predicted molar refractivity (Wildman–Crippen MR) is 62.9 cm³/mol. The van der Waals surface area contributed by atoms with E-state index >= 15 is 0 Å². The molecule has 18 heavy (non-hydrogen) atoms. The van der Waals surface area contributed by atoms with E-state index < -0.39 is 6.36 Å². The smallest absolute Gasteiger partial charge is 0.404 e. The van der Waals surface area contributed by atoms with Gasteiger partial charge < -0.3 is 15.0 Å². The third kappa shape index (κ3) is 3.29. The molecule has 100 valence electrons. The van der Waals surface area contributed by atoms with Gasteiger partial charge in [-0.3, -0.25) is 0 Å². The van der Waals surface area contributed by atoms with Gasteiger partial charge in [0.05, 0.1) is 5.69 Å². The van der Waals surface area contributed by atoms with Gasteiger partial charge in [-0.2, -0.15) is 0 Å². The first-order valence-electron chi connectivity index (χ1n) is 5.78. The summed E-state index contributed by atoms with van der Waals surface area (Å²) in [5.41, 5.74) is 1.24. The molecule has 0 amide bonds. The van der Waals surface area contributed by atoms with E-state index in [1.54, 1.807) is 19.1 Å². The molecule has 6 heteroatoms. The first kappa shape index (κ1) is 13.0. The minimum Gasteiger partial charge on any atom is -0.404 e. The molecule has 0 saturated carbocycles. The number of halogens is 3. The zero-order valence-electron chi connectivity index (χ0n) is 10.0. The first-order chi connectivity index (χ1) is 8.46. The summed E-state index contributed by atoms with van der Waals surface area (Å²) in [5.74, 6) is -0.121. The molecule has 1 N–H and O–H groups in total. The van der Waals surface area contributed by atoms with Crippen molar-refractivity contribution < 1.29 is 17.9 Å². The third-order valence-electron chi connectivity index (χ3n) is 2.80. The third-order valence-corrected chi connectivity index (χ3v) is 2.80. The van der Waals surface area contributed by atoms with Crippen LogP contribution in [0.4, 0.5) is 18.9 Å². The quantitative estimate of drug-likeness (QED) is 0.883. The Labute approximate surface area is 104 Å². The Bertz CT molecular complexity index is 414. The number of nitrogens with one attached hydrogen (secondary N) is 1. The van der Waals surface area contributed by atoms with Gasteiger partial charge in [-0.1, -0.05) is 6.07 Å². The Kier molecular flexibility index (Phi) is 3.65. The highest BCUT2D eigenvalue weighted by atomic mass is 19.4. The van der Waals surface area contributed by atoms with Gasteiger partial charge in [0.1, 0.15) is 0 Å². The van der Waals surface area contributed by atoms with Crippen LogP contribution < -0.4 is 15.0 Å². The molecule has 3 nitrogen and oxygen atoms in total. The van der Waals surface area contributed by atoms with Crippen LogP contribution in [0, 0.1) is 6.92 Å². The largest absolute Gasteiger partial charge is 0.573 e. The van der Waals surface area contributed by atoms with E-state index in [0.29, 0.717) is 18.8 Å². The molecule has 1 fully saturated rings. The van der Waals surface area contributed by atoms with Gasteiger partial charge in [-0.25, -0.2) is 0 Å². The molecular formula is C12H15F3N2O. The van der Waals surface area contributed by atoms with Crippen LogP contribution in [0.1, 0.15) is 5.56 Å². The fourth-order valence-corrected chi connectivity index (χ4v) is 1.99. The second-order valence-electron chi connectivity index (χ2n) is 4.26. The lowest BCUT2D eigenvalue weighted by Gasteiger charge is -2.31. The van der Waals surface area contributed by atoms with Crippen molar-refractivity contribution in [2.24, 2.45) is 0 Å². The number of alkyl halides is 3. The van der Waals surface area contributed by atoms with Crippen LogP contribution in [-0.4, -0.2) is 32.5 Å². The fourth-order valence-electron chi connectivity index (χ4n) is 1.99. The number of piperazine rings is 1. The van der Waals surface area contributed by atoms with E-state index in [9.17, 15) is 13.2 Å². The maximum Gasteiger partial charge on any atom is 0.573 e. The van der Waals surface area contributed by atoms with Gasteiger partial charge in [0.15, 0.2) is 5.75 Å². The molecule has 0 spiro atoms. The van der Waals surface area contributed by atoms with E-state index in [2.05, 4.69) is 10.1 Å². The monoisotopic (exact) mass is 260 g/mol. The second-order valence-corrected chi connectivity index (χ2v) is 4.26. The van der Waals surface area contributed by atoms with E-state index in [1.165, 1.54) is 6.07 Å². The second kappa shape index (κ2) is 5.06. The Morgan fingerprint density at radius 2 is 1.89 bits per heavy atom. The summed E-state index contributed by atoms with van der Waals surface area (Å²) in [5, 5.41) is 3.16. The summed E-state index contributed by atoms with van der Waals surface area (Å²) in [6.45, 7) is 4.62. The van der Waals surface area contributed by atoms with Crippen molar-refractivity contribution in [2.45, 2.75) is 13.3 Å². The van der Waals surface area contributed by atoms with Crippen molar-refractivity contribution in [3.63, 3.8) is 0 Å². The van der Waals surface area contributed by atoms with Crippen LogP contribution in [0.3, 0.4) is 0 Å². The molecule has 2 rings (SSSR count). The Hall–Kier alpha value is -1.43. The fraction of sp³-hybridized carbons (Fsp3) is 0.500. The summed E-state index contributed by atoms with van der Waals surface area (Å²) in [6, 6.07) is 4.90. The van der Waals surface area contributed by atoms with E-state index in [4.69, 9.17) is 0 Å². The summed E-state index contributed by atoms with van der Waals surface area (Å²) in [7, 11) is 0. The Balaban J connectivity index is 2.27. The van der Waals surface area contributed by atoms with E-state index in [1.807, 2.05) is 4.90 Å². The molecule has 1 heterocycles. The van der Waals surface area contributed by atoms with Crippen LogP contribution in [0.2, 0.25) is 0 Å². The number of hydrogen-bond acceptors (Lipinski definition) is 3.